The van der Waals surface area contributed by atoms with Gasteiger partial charge in [0, 0.05) is 19.2 Å². The van der Waals surface area contributed by atoms with Crippen LogP contribution in [0.15, 0.2) is 0 Å². The van der Waals surface area contributed by atoms with E-state index in [1.54, 1.807) is 0 Å². The van der Waals surface area contributed by atoms with Crippen molar-refractivity contribution in [1.29, 1.82) is 0 Å². The highest BCUT2D eigenvalue weighted by Gasteiger charge is 2.13. The Kier molecular flexibility index (Phi) is 4.61. The van der Waals surface area contributed by atoms with Crippen LogP contribution in [0.3, 0.4) is 0 Å². The van der Waals surface area contributed by atoms with Crippen molar-refractivity contribution in [2.45, 2.75) is 40.3 Å². The molecule has 0 amide bonds. The van der Waals surface area contributed by atoms with Gasteiger partial charge in [-0.2, -0.15) is 5.10 Å². The first kappa shape index (κ1) is 12.8. The highest BCUT2D eigenvalue weighted by atomic mass is 16.5. The monoisotopic (exact) mass is 226 g/mol. The van der Waals surface area contributed by atoms with Gasteiger partial charge in [-0.25, -0.2) is 4.68 Å². The molecule has 1 heterocycles. The first-order valence-corrected chi connectivity index (χ1v) is 5.77. The topological polar surface area (TPSA) is 65.1 Å². The van der Waals surface area contributed by atoms with Crippen molar-refractivity contribution in [3.8, 4) is 0 Å². The van der Waals surface area contributed by atoms with E-state index in [4.69, 9.17) is 10.5 Å². The van der Waals surface area contributed by atoms with Gasteiger partial charge in [-0.15, -0.1) is 0 Å². The quantitative estimate of drug-likeness (QED) is 0.773. The lowest BCUT2D eigenvalue weighted by molar-refractivity contribution is 0.141. The molecular formula is C11H22N4O. The van der Waals surface area contributed by atoms with Gasteiger partial charge in [0.15, 0.2) is 0 Å². The fourth-order valence-corrected chi connectivity index (χ4v) is 1.55. The standard InChI is InChI=1S/C11H22N4O/c1-5-15-11(10(12)9(4)14-15)13-8(3)7-16-6-2/h8,13H,5-7,12H2,1-4H3. The van der Waals surface area contributed by atoms with Crippen molar-refractivity contribution in [3.05, 3.63) is 5.69 Å². The second kappa shape index (κ2) is 5.75. The third kappa shape index (κ3) is 2.88. The van der Waals surface area contributed by atoms with Gasteiger partial charge in [-0.1, -0.05) is 0 Å². The second-order valence-corrected chi connectivity index (χ2v) is 3.87. The lowest BCUT2D eigenvalue weighted by atomic mass is 10.3. The molecule has 0 aliphatic heterocycles. The van der Waals surface area contributed by atoms with Crippen LogP contribution < -0.4 is 11.1 Å². The molecule has 3 N–H and O–H groups in total. The Morgan fingerprint density at radius 2 is 2.19 bits per heavy atom. The molecule has 0 radical (unpaired) electrons. The molecule has 5 nitrogen and oxygen atoms in total. The molecule has 1 aromatic heterocycles. The maximum absolute atomic E-state index is 5.97. The number of nitrogens with zero attached hydrogens (tertiary/aromatic N) is 2. The third-order valence-electron chi connectivity index (χ3n) is 2.43. The average Bonchev–Trinajstić information content (AvgIpc) is 2.54. The summed E-state index contributed by atoms with van der Waals surface area (Å²) in [4.78, 5) is 0. The van der Waals surface area contributed by atoms with E-state index in [0.29, 0.717) is 6.61 Å². The molecule has 0 fully saturated rings. The van der Waals surface area contributed by atoms with Gasteiger partial charge in [0.1, 0.15) is 5.82 Å². The second-order valence-electron chi connectivity index (χ2n) is 3.87. The van der Waals surface area contributed by atoms with Crippen LogP contribution in [0.25, 0.3) is 0 Å². The van der Waals surface area contributed by atoms with E-state index in [0.717, 1.165) is 30.4 Å². The summed E-state index contributed by atoms with van der Waals surface area (Å²) in [5, 5.41) is 7.69. The van der Waals surface area contributed by atoms with Gasteiger partial charge in [-0.05, 0) is 27.7 Å². The molecule has 0 aromatic carbocycles. The number of aromatic nitrogens is 2. The average molecular weight is 226 g/mol. The Balaban J connectivity index is 2.71. The van der Waals surface area contributed by atoms with Crippen LogP contribution >= 0.6 is 0 Å². The van der Waals surface area contributed by atoms with Crippen LogP contribution in [0.4, 0.5) is 11.5 Å². The molecule has 92 valence electrons. The van der Waals surface area contributed by atoms with Crippen LogP contribution in [0.5, 0.6) is 0 Å². The maximum Gasteiger partial charge on any atom is 0.148 e. The van der Waals surface area contributed by atoms with Crippen LogP contribution in [0.2, 0.25) is 0 Å². The summed E-state index contributed by atoms with van der Waals surface area (Å²) in [6, 6.07) is 0.226. The Bertz CT molecular complexity index is 335. The van der Waals surface area contributed by atoms with Crippen LogP contribution in [-0.2, 0) is 11.3 Å². The number of hydrogen-bond acceptors (Lipinski definition) is 4. The van der Waals surface area contributed by atoms with Crippen molar-refractivity contribution in [2.24, 2.45) is 0 Å². The lowest BCUT2D eigenvalue weighted by Crippen LogP contribution is -2.24. The van der Waals surface area contributed by atoms with Crippen LogP contribution in [0.1, 0.15) is 26.5 Å². The Labute approximate surface area is 97.0 Å². The number of hydrogen-bond donors (Lipinski definition) is 2. The normalized spacial score (nSPS) is 12.8. The first-order chi connectivity index (χ1) is 7.60. The first-order valence-electron chi connectivity index (χ1n) is 5.77. The highest BCUT2D eigenvalue weighted by Crippen LogP contribution is 2.22. The van der Waals surface area contributed by atoms with E-state index in [1.165, 1.54) is 0 Å². The molecule has 1 atom stereocenters. The van der Waals surface area contributed by atoms with Crippen molar-refractivity contribution < 1.29 is 4.74 Å². The molecule has 0 spiro atoms. The number of nitrogens with one attached hydrogen (secondary N) is 1. The fourth-order valence-electron chi connectivity index (χ4n) is 1.55. The molecule has 5 heteroatoms. The van der Waals surface area contributed by atoms with Crippen molar-refractivity contribution >= 4 is 11.5 Å². The summed E-state index contributed by atoms with van der Waals surface area (Å²) in [5.41, 5.74) is 7.56. The van der Waals surface area contributed by atoms with Gasteiger partial charge in [0.25, 0.3) is 0 Å². The largest absolute Gasteiger partial charge is 0.394 e. The molecule has 0 saturated heterocycles. The summed E-state index contributed by atoms with van der Waals surface area (Å²) in [7, 11) is 0. The zero-order valence-electron chi connectivity index (χ0n) is 10.6. The van der Waals surface area contributed by atoms with Gasteiger partial charge >= 0.3 is 0 Å². The fraction of sp³-hybridized carbons (Fsp3) is 0.727. The van der Waals surface area contributed by atoms with E-state index >= 15 is 0 Å². The SMILES string of the molecule is CCOCC(C)Nc1c(N)c(C)nn1CC. The van der Waals surface area contributed by atoms with Crippen LogP contribution in [-0.4, -0.2) is 29.0 Å². The molecule has 0 aliphatic rings. The predicted octanol–water partition coefficient (Wildman–Crippen LogP) is 1.63. The molecular weight excluding hydrogens is 204 g/mol. The smallest absolute Gasteiger partial charge is 0.148 e. The summed E-state index contributed by atoms with van der Waals surface area (Å²) in [6.07, 6.45) is 0. The van der Waals surface area contributed by atoms with E-state index < -0.39 is 0 Å². The van der Waals surface area contributed by atoms with Crippen molar-refractivity contribution in [1.82, 2.24) is 9.78 Å². The number of nitrogen functional groups attached to an aromatic ring is 1. The van der Waals surface area contributed by atoms with E-state index in [9.17, 15) is 0 Å². The lowest BCUT2D eigenvalue weighted by Gasteiger charge is -2.16. The zero-order valence-corrected chi connectivity index (χ0v) is 10.6. The Morgan fingerprint density at radius 3 is 2.75 bits per heavy atom. The molecule has 0 bridgehead atoms. The Morgan fingerprint density at radius 1 is 1.50 bits per heavy atom. The number of anilines is 2. The molecule has 1 unspecified atom stereocenters. The summed E-state index contributed by atoms with van der Waals surface area (Å²) in [5.74, 6) is 0.896. The van der Waals surface area contributed by atoms with Gasteiger partial charge < -0.3 is 15.8 Å². The minimum absolute atomic E-state index is 0.226. The zero-order chi connectivity index (χ0) is 12.1. The molecule has 0 saturated carbocycles. The summed E-state index contributed by atoms with van der Waals surface area (Å²) in [6.45, 7) is 10.2. The molecule has 1 aromatic rings. The van der Waals surface area contributed by atoms with Gasteiger partial charge in [-0.3, -0.25) is 0 Å². The van der Waals surface area contributed by atoms with Gasteiger partial charge in [0.2, 0.25) is 0 Å². The predicted molar refractivity (Wildman–Crippen MR) is 66.6 cm³/mol. The number of rotatable bonds is 6. The van der Waals surface area contributed by atoms with Crippen molar-refractivity contribution in [3.63, 3.8) is 0 Å². The molecule has 16 heavy (non-hydrogen) atoms. The molecule has 1 rings (SSSR count). The number of nitrogens with two attached hydrogens (primary N) is 1. The van der Waals surface area contributed by atoms with E-state index in [-0.39, 0.29) is 6.04 Å². The highest BCUT2D eigenvalue weighted by molar-refractivity contribution is 5.65. The minimum atomic E-state index is 0.226. The number of aryl methyl sites for hydroxylation is 2. The van der Waals surface area contributed by atoms with E-state index in [2.05, 4.69) is 17.3 Å². The maximum atomic E-state index is 5.97. The summed E-state index contributed by atoms with van der Waals surface area (Å²) >= 11 is 0. The van der Waals surface area contributed by atoms with E-state index in [1.807, 2.05) is 25.5 Å². The van der Waals surface area contributed by atoms with Crippen molar-refractivity contribution in [2.75, 3.05) is 24.3 Å². The third-order valence-corrected chi connectivity index (χ3v) is 2.43. The Hall–Kier alpha value is -1.23. The van der Waals surface area contributed by atoms with Crippen LogP contribution in [0, 0.1) is 6.92 Å². The van der Waals surface area contributed by atoms with Gasteiger partial charge in [0.05, 0.1) is 18.0 Å². The number of ether oxygens (including phenoxy) is 1. The minimum Gasteiger partial charge on any atom is -0.394 e. The summed E-state index contributed by atoms with van der Waals surface area (Å²) < 4.78 is 7.24. The molecule has 0 aliphatic carbocycles.